The second kappa shape index (κ2) is 7.31. The van der Waals surface area contributed by atoms with Crippen LogP contribution in [0.5, 0.6) is 0 Å². The number of rotatable bonds is 4. The van der Waals surface area contributed by atoms with Crippen LogP contribution < -0.4 is 0 Å². The van der Waals surface area contributed by atoms with Crippen LogP contribution in [0.3, 0.4) is 0 Å². The van der Waals surface area contributed by atoms with E-state index in [2.05, 4.69) is 22.6 Å². The van der Waals surface area contributed by atoms with Gasteiger partial charge < -0.3 is 4.90 Å². The molecule has 21 heavy (non-hydrogen) atoms. The number of benzene rings is 1. The molecule has 0 saturated heterocycles. The highest BCUT2D eigenvalue weighted by Crippen LogP contribution is 2.25. The van der Waals surface area contributed by atoms with Gasteiger partial charge in [-0.2, -0.15) is 0 Å². The van der Waals surface area contributed by atoms with Gasteiger partial charge in [0.2, 0.25) is 0 Å². The van der Waals surface area contributed by atoms with Gasteiger partial charge in [0.15, 0.2) is 0 Å². The molecule has 0 bridgehead atoms. The van der Waals surface area contributed by atoms with Crippen molar-refractivity contribution in [2.75, 3.05) is 0 Å². The number of amides is 1. The zero-order chi connectivity index (χ0) is 15.6. The number of carbonyl (C=O) groups excluding carboxylic acids is 1. The molecule has 0 spiro atoms. The van der Waals surface area contributed by atoms with Crippen LogP contribution in [0.15, 0.2) is 29.6 Å². The van der Waals surface area contributed by atoms with Crippen molar-refractivity contribution in [1.29, 1.82) is 0 Å². The molecule has 1 heterocycles. The molecule has 112 valence electrons. The van der Waals surface area contributed by atoms with Crippen LogP contribution in [0.2, 0.25) is 10.0 Å². The zero-order valence-electron chi connectivity index (χ0n) is 11.6. The van der Waals surface area contributed by atoms with Crippen LogP contribution in [0, 0.1) is 2.88 Å². The Bertz CT molecular complexity index is 657. The maximum atomic E-state index is 12.6. The molecule has 6 heteroatoms. The summed E-state index contributed by atoms with van der Waals surface area (Å²) in [7, 11) is 0. The number of halogens is 3. The first-order valence-corrected chi connectivity index (χ1v) is 9.09. The monoisotopic (exact) mass is 453 g/mol. The lowest BCUT2D eigenvalue weighted by Crippen LogP contribution is -2.36. The molecule has 0 aliphatic rings. The van der Waals surface area contributed by atoms with Crippen LogP contribution in [0.1, 0.15) is 29.8 Å². The fourth-order valence-corrected chi connectivity index (χ4v) is 3.55. The van der Waals surface area contributed by atoms with Gasteiger partial charge >= 0.3 is 0 Å². The summed E-state index contributed by atoms with van der Waals surface area (Å²) in [5.74, 6) is 0.0373. The Morgan fingerprint density at radius 2 is 2.00 bits per heavy atom. The highest BCUT2D eigenvalue weighted by atomic mass is 127. The molecule has 0 N–H and O–H groups in total. The Balaban J connectivity index is 2.23. The van der Waals surface area contributed by atoms with E-state index in [0.717, 1.165) is 14.0 Å². The van der Waals surface area contributed by atoms with Crippen molar-refractivity contribution in [2.24, 2.45) is 0 Å². The van der Waals surface area contributed by atoms with E-state index < -0.39 is 0 Å². The van der Waals surface area contributed by atoms with E-state index in [9.17, 15) is 4.79 Å². The predicted octanol–water partition coefficient (Wildman–Crippen LogP) is 5.71. The van der Waals surface area contributed by atoms with E-state index in [0.29, 0.717) is 16.6 Å². The summed E-state index contributed by atoms with van der Waals surface area (Å²) in [6, 6.07) is 7.48. The number of hydrogen-bond acceptors (Lipinski definition) is 2. The Hall–Kier alpha value is -0.300. The Labute approximate surface area is 152 Å². The molecule has 2 aromatic rings. The molecule has 2 rings (SSSR count). The Morgan fingerprint density at radius 3 is 2.52 bits per heavy atom. The Morgan fingerprint density at radius 1 is 1.29 bits per heavy atom. The van der Waals surface area contributed by atoms with Crippen LogP contribution in [-0.4, -0.2) is 16.8 Å². The fourth-order valence-electron chi connectivity index (χ4n) is 1.91. The van der Waals surface area contributed by atoms with Crippen molar-refractivity contribution >= 4 is 63.0 Å². The number of carbonyl (C=O) groups is 1. The largest absolute Gasteiger partial charge is 0.332 e. The molecule has 0 saturated carbocycles. The van der Waals surface area contributed by atoms with Crippen molar-refractivity contribution in [3.8, 4) is 0 Å². The van der Waals surface area contributed by atoms with Gasteiger partial charge in [-0.15, -0.1) is 11.3 Å². The van der Waals surface area contributed by atoms with Gasteiger partial charge in [-0.3, -0.25) is 4.79 Å². The third-order valence-corrected chi connectivity index (χ3v) is 5.56. The third kappa shape index (κ3) is 4.34. The highest BCUT2D eigenvalue weighted by Gasteiger charge is 2.20. The predicted molar refractivity (Wildman–Crippen MR) is 98.5 cm³/mol. The molecule has 0 unspecified atom stereocenters. The topological polar surface area (TPSA) is 20.3 Å². The quantitative estimate of drug-likeness (QED) is 0.543. The number of thiophene rings is 1. The van der Waals surface area contributed by atoms with Crippen LogP contribution in [0.4, 0.5) is 0 Å². The van der Waals surface area contributed by atoms with E-state index in [-0.39, 0.29) is 11.9 Å². The lowest BCUT2D eigenvalue weighted by molar-refractivity contribution is 0.0691. The molecule has 0 radical (unpaired) electrons. The number of nitrogens with zero attached hydrogens (tertiary/aromatic N) is 1. The summed E-state index contributed by atoms with van der Waals surface area (Å²) in [5, 5.41) is 2.93. The maximum Gasteiger partial charge on any atom is 0.255 e. The van der Waals surface area contributed by atoms with E-state index in [1.807, 2.05) is 42.3 Å². The van der Waals surface area contributed by atoms with Crippen molar-refractivity contribution in [1.82, 2.24) is 4.90 Å². The summed E-state index contributed by atoms with van der Waals surface area (Å²) in [5.41, 5.74) is 1.70. The molecule has 1 aromatic heterocycles. The summed E-state index contributed by atoms with van der Waals surface area (Å²) in [4.78, 5) is 14.5. The van der Waals surface area contributed by atoms with Crippen molar-refractivity contribution in [2.45, 2.75) is 26.4 Å². The van der Waals surface area contributed by atoms with Crippen LogP contribution in [0.25, 0.3) is 0 Å². The molecular formula is C15H14Cl2INOS. The van der Waals surface area contributed by atoms with E-state index in [1.165, 1.54) is 0 Å². The Kier molecular flexibility index (Phi) is 5.94. The summed E-state index contributed by atoms with van der Waals surface area (Å²) >= 11 is 15.8. The van der Waals surface area contributed by atoms with E-state index >= 15 is 0 Å². The minimum Gasteiger partial charge on any atom is -0.332 e. The molecule has 0 aliphatic carbocycles. The van der Waals surface area contributed by atoms with Crippen molar-refractivity contribution in [3.05, 3.63) is 53.7 Å². The molecule has 0 fully saturated rings. The first-order chi connectivity index (χ1) is 9.88. The second-order valence-corrected chi connectivity index (χ2v) is 8.53. The SMILES string of the molecule is CC(C)N(Cc1ccc(Cl)c(Cl)c1)C(=O)c1csc(I)c1. The average Bonchev–Trinajstić information content (AvgIpc) is 2.85. The summed E-state index contributed by atoms with van der Waals surface area (Å²) in [6.45, 7) is 4.53. The van der Waals surface area contributed by atoms with Crippen molar-refractivity contribution in [3.63, 3.8) is 0 Å². The summed E-state index contributed by atoms with van der Waals surface area (Å²) < 4.78 is 1.11. The third-order valence-electron chi connectivity index (χ3n) is 3.04. The van der Waals surface area contributed by atoms with Gasteiger partial charge in [-0.05, 0) is 60.2 Å². The molecule has 0 aliphatic heterocycles. The normalized spacial score (nSPS) is 11.0. The van der Waals surface area contributed by atoms with Gasteiger partial charge in [0, 0.05) is 18.0 Å². The first kappa shape index (κ1) is 17.1. The minimum atomic E-state index is 0.0373. The lowest BCUT2D eigenvalue weighted by Gasteiger charge is -2.26. The van der Waals surface area contributed by atoms with Crippen molar-refractivity contribution < 1.29 is 4.79 Å². The van der Waals surface area contributed by atoms with Crippen LogP contribution in [-0.2, 0) is 6.54 Å². The summed E-state index contributed by atoms with van der Waals surface area (Å²) in [6.07, 6.45) is 0. The van der Waals surface area contributed by atoms with Gasteiger partial charge in [-0.1, -0.05) is 29.3 Å². The average molecular weight is 454 g/mol. The lowest BCUT2D eigenvalue weighted by atomic mass is 10.1. The fraction of sp³-hybridized carbons (Fsp3) is 0.267. The maximum absolute atomic E-state index is 12.6. The minimum absolute atomic E-state index is 0.0373. The second-order valence-electron chi connectivity index (χ2n) is 4.91. The van der Waals surface area contributed by atoms with E-state index in [4.69, 9.17) is 23.2 Å². The molecular weight excluding hydrogens is 440 g/mol. The zero-order valence-corrected chi connectivity index (χ0v) is 16.1. The van der Waals surface area contributed by atoms with Gasteiger partial charge in [0.05, 0.1) is 18.5 Å². The standard InChI is InChI=1S/C15H14Cl2INOS/c1-9(2)19(15(20)11-6-14(18)21-8-11)7-10-3-4-12(16)13(17)5-10/h3-6,8-9H,7H2,1-2H3. The van der Waals surface area contributed by atoms with Gasteiger partial charge in [0.25, 0.3) is 5.91 Å². The molecule has 0 atom stereocenters. The van der Waals surface area contributed by atoms with Gasteiger partial charge in [0.1, 0.15) is 0 Å². The number of hydrogen-bond donors (Lipinski definition) is 0. The van der Waals surface area contributed by atoms with E-state index in [1.54, 1.807) is 17.4 Å². The molecule has 1 aromatic carbocycles. The molecule has 1 amide bonds. The highest BCUT2D eigenvalue weighted by molar-refractivity contribution is 14.1. The molecule has 2 nitrogen and oxygen atoms in total. The smallest absolute Gasteiger partial charge is 0.255 e. The van der Waals surface area contributed by atoms with Gasteiger partial charge in [-0.25, -0.2) is 0 Å². The van der Waals surface area contributed by atoms with Crippen LogP contribution >= 0.6 is 57.1 Å². The first-order valence-electron chi connectivity index (χ1n) is 6.37.